The molecular weight excluding hydrogens is 1270 g/mol. The first-order valence-corrected chi connectivity index (χ1v) is 32.9. The summed E-state index contributed by atoms with van der Waals surface area (Å²) in [6.45, 7) is 9.63. The lowest BCUT2D eigenvalue weighted by molar-refractivity contribution is -0.144. The van der Waals surface area contributed by atoms with E-state index in [0.29, 0.717) is 37.8 Å². The number of carboxylic acid groups (broad SMARTS) is 1. The van der Waals surface area contributed by atoms with Crippen LogP contribution in [0.4, 0.5) is 0 Å². The second-order valence-electron chi connectivity index (χ2n) is 25.1. The molecule has 0 spiro atoms. The van der Waals surface area contributed by atoms with Crippen LogP contribution in [0.2, 0.25) is 0 Å². The highest BCUT2D eigenvalue weighted by molar-refractivity contribution is 6.00. The molecule has 1 aromatic rings. The van der Waals surface area contributed by atoms with Crippen LogP contribution in [0.15, 0.2) is 34.3 Å². The van der Waals surface area contributed by atoms with Crippen molar-refractivity contribution in [3.63, 3.8) is 0 Å². The van der Waals surface area contributed by atoms with E-state index in [1.54, 1.807) is 20.8 Å². The van der Waals surface area contributed by atoms with Crippen LogP contribution in [0.5, 0.6) is 5.75 Å². The summed E-state index contributed by atoms with van der Waals surface area (Å²) < 4.78 is 0. The lowest BCUT2D eigenvalue weighted by Gasteiger charge is -2.31. The second kappa shape index (κ2) is 44.0. The number of nitrogens with zero attached hydrogens (tertiary/aromatic N) is 3. The summed E-state index contributed by atoms with van der Waals surface area (Å²) in [5.74, 6) is -13.0. The Labute approximate surface area is 565 Å². The van der Waals surface area contributed by atoms with Crippen molar-refractivity contribution < 1.29 is 78.0 Å². The number of aliphatic carboxylic acids is 1. The SMILES string of the molecule is CC(C)C[C@H](NC(=O)[C@H](CCCN=C(N)N)NC(=O)[C@H](Cc1ccc(O)cc1)NC(=O)[C@H](CCCCN)NC(=O)[C@H](CC(=O)O)NC(=O)[C@@H](NC(=O)[C@H]1CCCN1C(=O)[C@H](CO)NC(=O)[C@H](CCCN=C(N)N)NC(=O)[C@H](CC(C)C)NC(=O)[C@@H](C)CCCCN)[C@@H](C)O)C(N)=O. The van der Waals surface area contributed by atoms with Gasteiger partial charge in [0.2, 0.25) is 65.0 Å². The van der Waals surface area contributed by atoms with Crippen LogP contribution in [-0.2, 0) is 64.0 Å². The number of guanidine groups is 2. The number of aliphatic hydroxyl groups excluding tert-OH is 2. The van der Waals surface area contributed by atoms with Gasteiger partial charge in [-0.15, -0.1) is 0 Å². The number of hydrogen-bond donors (Lipinski definition) is 20. The molecule has 27 N–H and O–H groups in total. The van der Waals surface area contributed by atoms with Crippen LogP contribution >= 0.6 is 0 Å². The number of primary amides is 1. The fourth-order valence-corrected chi connectivity index (χ4v) is 10.5. The van der Waals surface area contributed by atoms with Crippen LogP contribution in [-0.4, -0.2) is 214 Å². The maximum Gasteiger partial charge on any atom is 0.305 e. The van der Waals surface area contributed by atoms with Gasteiger partial charge in [0.05, 0.1) is 19.1 Å². The van der Waals surface area contributed by atoms with E-state index in [1.807, 2.05) is 13.8 Å². The number of likely N-dealkylation sites (tertiary alicyclic amines) is 1. The van der Waals surface area contributed by atoms with Crippen molar-refractivity contribution in [2.75, 3.05) is 39.3 Å². The van der Waals surface area contributed by atoms with E-state index in [-0.39, 0.29) is 132 Å². The number of carbonyl (C=O) groups excluding carboxylic acids is 11. The molecule has 0 unspecified atom stereocenters. The van der Waals surface area contributed by atoms with Gasteiger partial charge in [-0.2, -0.15) is 0 Å². The number of aliphatic hydroxyl groups is 2. The molecular formula is C62H107N19O16. The van der Waals surface area contributed by atoms with Gasteiger partial charge in [0.1, 0.15) is 66.2 Å². The first kappa shape index (κ1) is 84.1. The van der Waals surface area contributed by atoms with E-state index in [4.69, 9.17) is 40.1 Å². The zero-order chi connectivity index (χ0) is 73.1. The average Bonchev–Trinajstić information content (AvgIpc) is 1.64. The molecule has 1 aliphatic heterocycles. The first-order valence-electron chi connectivity index (χ1n) is 32.9. The second-order valence-corrected chi connectivity index (χ2v) is 25.1. The molecule has 1 aliphatic rings. The number of hydrogen-bond acceptors (Lipinski definition) is 19. The monoisotopic (exact) mass is 1370 g/mol. The number of rotatable bonds is 46. The Balaban J connectivity index is 2.46. The van der Waals surface area contributed by atoms with Crippen LogP contribution in [0, 0.1) is 17.8 Å². The number of aromatic hydroxyl groups is 1. The smallest absolute Gasteiger partial charge is 0.305 e. The molecule has 0 radical (unpaired) electrons. The van der Waals surface area contributed by atoms with Crippen molar-refractivity contribution in [1.82, 2.24) is 52.8 Å². The zero-order valence-corrected chi connectivity index (χ0v) is 56.5. The number of unbranched alkanes of at least 4 members (excludes halogenated alkanes) is 2. The number of amides is 11. The summed E-state index contributed by atoms with van der Waals surface area (Å²) in [4.78, 5) is 174. The van der Waals surface area contributed by atoms with E-state index in [2.05, 4.69) is 57.8 Å². The Morgan fingerprint density at radius 2 is 0.948 bits per heavy atom. The third-order valence-electron chi connectivity index (χ3n) is 15.7. The molecule has 546 valence electrons. The highest BCUT2D eigenvalue weighted by atomic mass is 16.4. The Hall–Kier alpha value is -8.96. The summed E-state index contributed by atoms with van der Waals surface area (Å²) in [6, 6.07) is -9.57. The molecule has 1 aromatic carbocycles. The number of nitrogens with one attached hydrogen (secondary N) is 9. The minimum absolute atomic E-state index is 0.0294. The van der Waals surface area contributed by atoms with Gasteiger partial charge in [-0.3, -0.25) is 67.5 Å². The quantitative estimate of drug-likeness (QED) is 0.0165. The molecule has 12 atom stereocenters. The topological polar surface area (TPSA) is 604 Å². The fraction of sp³-hybridized carbons (Fsp3) is 0.677. The van der Waals surface area contributed by atoms with Gasteiger partial charge >= 0.3 is 5.97 Å². The molecule has 97 heavy (non-hydrogen) atoms. The maximum atomic E-state index is 14.5. The van der Waals surface area contributed by atoms with Crippen molar-refractivity contribution in [2.45, 2.75) is 211 Å². The third kappa shape index (κ3) is 31.6. The van der Waals surface area contributed by atoms with Gasteiger partial charge in [0.25, 0.3) is 0 Å². The molecule has 35 nitrogen and oxygen atoms in total. The van der Waals surface area contributed by atoms with Gasteiger partial charge < -0.3 is 113 Å². The Kier molecular flexibility index (Phi) is 38.1. The molecule has 0 bridgehead atoms. The third-order valence-corrected chi connectivity index (χ3v) is 15.7. The number of benzene rings is 1. The Bertz CT molecular complexity index is 2820. The summed E-state index contributed by atoms with van der Waals surface area (Å²) in [6.07, 6.45) is -0.321. The van der Waals surface area contributed by atoms with Crippen molar-refractivity contribution in [3.8, 4) is 5.75 Å². The van der Waals surface area contributed by atoms with Crippen molar-refractivity contribution in [3.05, 3.63) is 29.8 Å². The Morgan fingerprint density at radius 3 is 1.41 bits per heavy atom. The van der Waals surface area contributed by atoms with Crippen molar-refractivity contribution >= 4 is 82.9 Å². The van der Waals surface area contributed by atoms with Crippen LogP contribution in [0.25, 0.3) is 0 Å². The number of carboxylic acids is 1. The largest absolute Gasteiger partial charge is 0.508 e. The fourth-order valence-electron chi connectivity index (χ4n) is 10.5. The molecule has 2 rings (SSSR count). The molecule has 0 aromatic heterocycles. The number of aliphatic imine (C=N–C) groups is 2. The van der Waals surface area contributed by atoms with Gasteiger partial charge in [-0.25, -0.2) is 0 Å². The average molecular weight is 1370 g/mol. The van der Waals surface area contributed by atoms with E-state index in [0.717, 1.165) is 11.8 Å². The standard InChI is InChI=1S/C62H107N19O16/c1-33(2)28-42(50(65)87)75-52(89)40(16-11-25-70-61(66)67)74-56(93)44(30-37-19-21-38(84)22-20-37)77-53(90)39(15-8-10-24-64)72-57(94)45(31-48(85)86)78-59(96)49(36(6)83)80-58(95)47-18-13-27-81(47)60(97)46(32-82)79-54(91)41(17-12-26-71-62(68)69)73-55(92)43(29-34(3)4)76-51(88)35(5)14-7-9-23-63/h19-22,33-36,39-47,49,82-84H,7-18,23-32,63-64H2,1-6H3,(H2,65,87)(H,72,94)(H,73,92)(H,74,93)(H,75,89)(H,76,88)(H,77,90)(H,78,96)(H,79,91)(H,80,95)(H,85,86)(H4,66,67,70)(H4,68,69,71)/t35-,36+,39-,40-,41-,42-,43-,44-,45-,46-,47+,49-/m0/s1. The zero-order valence-electron chi connectivity index (χ0n) is 56.5. The number of phenols is 1. The summed E-state index contributed by atoms with van der Waals surface area (Å²) in [7, 11) is 0. The van der Waals surface area contributed by atoms with Gasteiger partial charge in [0.15, 0.2) is 11.9 Å². The van der Waals surface area contributed by atoms with Gasteiger partial charge in [-0.1, -0.05) is 53.2 Å². The van der Waals surface area contributed by atoms with E-state index >= 15 is 0 Å². The molecule has 1 heterocycles. The first-order chi connectivity index (χ1) is 45.7. The molecule has 11 amide bonds. The highest BCUT2D eigenvalue weighted by Crippen LogP contribution is 2.21. The minimum Gasteiger partial charge on any atom is -0.508 e. The molecule has 1 saturated heterocycles. The molecule has 35 heteroatoms. The van der Waals surface area contributed by atoms with E-state index < -0.39 is 151 Å². The lowest BCUT2D eigenvalue weighted by atomic mass is 9.99. The lowest BCUT2D eigenvalue weighted by Crippen LogP contribution is -2.62. The van der Waals surface area contributed by atoms with Crippen molar-refractivity contribution in [1.29, 1.82) is 0 Å². The highest BCUT2D eigenvalue weighted by Gasteiger charge is 2.42. The molecule has 0 aliphatic carbocycles. The van der Waals surface area contributed by atoms with Crippen LogP contribution in [0.3, 0.4) is 0 Å². The molecule has 0 saturated carbocycles. The minimum atomic E-state index is -2.01. The maximum absolute atomic E-state index is 14.5. The van der Waals surface area contributed by atoms with Crippen LogP contribution < -0.4 is 88.0 Å². The number of phenolic OH excluding ortho intramolecular Hbond substituents is 1. The van der Waals surface area contributed by atoms with Crippen LogP contribution in [0.1, 0.15) is 143 Å². The predicted octanol–water partition coefficient (Wildman–Crippen LogP) is -5.28. The van der Waals surface area contributed by atoms with E-state index in [1.165, 1.54) is 24.3 Å². The van der Waals surface area contributed by atoms with Crippen molar-refractivity contribution in [2.24, 2.45) is 67.9 Å². The normalized spacial score (nSPS) is 16.2. The number of carbonyl (C=O) groups is 12. The number of nitrogens with two attached hydrogens (primary N) is 7. The predicted molar refractivity (Wildman–Crippen MR) is 358 cm³/mol. The van der Waals surface area contributed by atoms with E-state index in [9.17, 15) is 78.0 Å². The summed E-state index contributed by atoms with van der Waals surface area (Å²) in [5.41, 5.74) is 39.4. The summed E-state index contributed by atoms with van der Waals surface area (Å²) in [5, 5.41) is 64.3. The summed E-state index contributed by atoms with van der Waals surface area (Å²) >= 11 is 0. The van der Waals surface area contributed by atoms with Gasteiger partial charge in [-0.05, 0) is 133 Å². The Morgan fingerprint density at radius 1 is 0.526 bits per heavy atom. The molecule has 1 fully saturated rings. The van der Waals surface area contributed by atoms with Gasteiger partial charge in [0, 0.05) is 32.0 Å².